The van der Waals surface area contributed by atoms with Gasteiger partial charge in [-0.05, 0) is 49.9 Å². The zero-order chi connectivity index (χ0) is 21.6. The summed E-state index contributed by atoms with van der Waals surface area (Å²) in [6, 6.07) is 12.4. The quantitative estimate of drug-likeness (QED) is 0.552. The number of aromatic nitrogens is 1. The highest BCUT2D eigenvalue weighted by Crippen LogP contribution is 2.21. The van der Waals surface area contributed by atoms with E-state index in [-0.39, 0.29) is 11.9 Å². The smallest absolute Gasteiger partial charge is 0.191 e. The Labute approximate surface area is 184 Å². The molecule has 0 saturated carbocycles. The Morgan fingerprint density at radius 1 is 1.23 bits per heavy atom. The molecule has 2 aliphatic rings. The molecule has 2 unspecified atom stereocenters. The summed E-state index contributed by atoms with van der Waals surface area (Å²) in [6.45, 7) is 9.44. The third-order valence-electron chi connectivity index (χ3n) is 6.21. The molecule has 2 aromatic rings. The summed E-state index contributed by atoms with van der Waals surface area (Å²) in [7, 11) is 0. The number of fused-ring (bicyclic) bond motifs is 1. The molecule has 0 aliphatic carbocycles. The first-order valence-electron chi connectivity index (χ1n) is 11.3. The van der Waals surface area contributed by atoms with Gasteiger partial charge in [-0.1, -0.05) is 24.3 Å². The first kappa shape index (κ1) is 21.6. The minimum atomic E-state index is -0.263. The van der Waals surface area contributed by atoms with Gasteiger partial charge in [0.25, 0.3) is 0 Å². The van der Waals surface area contributed by atoms with Crippen LogP contribution in [0, 0.1) is 5.82 Å². The van der Waals surface area contributed by atoms with Crippen LogP contribution in [0.3, 0.4) is 0 Å². The lowest BCUT2D eigenvalue weighted by molar-refractivity contribution is 0.195. The van der Waals surface area contributed by atoms with E-state index in [1.54, 1.807) is 12.3 Å². The van der Waals surface area contributed by atoms with Crippen molar-refractivity contribution in [2.75, 3.05) is 37.6 Å². The maximum atomic E-state index is 14.1. The van der Waals surface area contributed by atoms with Crippen LogP contribution in [-0.2, 0) is 13.0 Å². The van der Waals surface area contributed by atoms with Crippen molar-refractivity contribution < 1.29 is 4.39 Å². The van der Waals surface area contributed by atoms with E-state index in [1.807, 2.05) is 4.90 Å². The Kier molecular flexibility index (Phi) is 7.02. The van der Waals surface area contributed by atoms with Crippen LogP contribution >= 0.6 is 0 Å². The molecule has 1 aromatic heterocycles. The molecular weight excluding hydrogens is 391 g/mol. The molecule has 6 nitrogen and oxygen atoms in total. The van der Waals surface area contributed by atoms with Crippen LogP contribution in [0.4, 0.5) is 10.2 Å². The topological polar surface area (TPSA) is 55.8 Å². The largest absolute Gasteiger partial charge is 0.357 e. The highest BCUT2D eigenvalue weighted by molar-refractivity contribution is 5.80. The number of anilines is 1. The Hall–Kier alpha value is -2.67. The van der Waals surface area contributed by atoms with E-state index >= 15 is 0 Å². The number of nitrogens with one attached hydrogen (secondary N) is 2. The summed E-state index contributed by atoms with van der Waals surface area (Å²) in [6.07, 6.45) is 3.68. The molecule has 1 fully saturated rings. The standard InChI is InChI=1S/C24H33FN6/c1-3-26-24(29-21-11-14-31(17-21)23-22(25)9-6-12-27-23)28-15-18(2)30-13-10-19-7-4-5-8-20(19)16-30/h4-9,12,18,21H,3,10-11,13-17H2,1-2H3,(H2,26,28,29). The monoisotopic (exact) mass is 424 g/mol. The van der Waals surface area contributed by atoms with Crippen molar-refractivity contribution in [2.24, 2.45) is 4.99 Å². The van der Waals surface area contributed by atoms with E-state index in [9.17, 15) is 4.39 Å². The minimum absolute atomic E-state index is 0.219. The van der Waals surface area contributed by atoms with Crippen LogP contribution < -0.4 is 15.5 Å². The number of hydrogen-bond acceptors (Lipinski definition) is 4. The fraction of sp³-hybridized carbons (Fsp3) is 0.500. The van der Waals surface area contributed by atoms with Crippen molar-refractivity contribution in [3.8, 4) is 0 Å². The third kappa shape index (κ3) is 5.34. The van der Waals surface area contributed by atoms with E-state index in [4.69, 9.17) is 4.99 Å². The van der Waals surface area contributed by atoms with Gasteiger partial charge < -0.3 is 15.5 Å². The van der Waals surface area contributed by atoms with Gasteiger partial charge in [0.2, 0.25) is 0 Å². The van der Waals surface area contributed by atoms with Gasteiger partial charge in [-0.3, -0.25) is 9.89 Å². The predicted molar refractivity (Wildman–Crippen MR) is 124 cm³/mol. The fourth-order valence-electron chi connectivity index (χ4n) is 4.43. The molecule has 3 heterocycles. The van der Waals surface area contributed by atoms with E-state index in [2.05, 4.69) is 58.6 Å². The second-order valence-corrected chi connectivity index (χ2v) is 8.44. The molecule has 2 aliphatic heterocycles. The fourth-order valence-corrected chi connectivity index (χ4v) is 4.43. The Bertz CT molecular complexity index is 901. The summed E-state index contributed by atoms with van der Waals surface area (Å²) < 4.78 is 14.1. The molecule has 2 N–H and O–H groups in total. The molecule has 166 valence electrons. The second kappa shape index (κ2) is 10.1. The van der Waals surface area contributed by atoms with Crippen LogP contribution in [0.2, 0.25) is 0 Å². The van der Waals surface area contributed by atoms with Gasteiger partial charge in [0.15, 0.2) is 17.6 Å². The summed E-state index contributed by atoms with van der Waals surface area (Å²) >= 11 is 0. The Morgan fingerprint density at radius 2 is 2.06 bits per heavy atom. The summed E-state index contributed by atoms with van der Waals surface area (Å²) in [4.78, 5) is 13.6. The molecule has 31 heavy (non-hydrogen) atoms. The zero-order valence-corrected chi connectivity index (χ0v) is 18.5. The normalized spacial score (nSPS) is 20.4. The highest BCUT2D eigenvalue weighted by Gasteiger charge is 2.26. The number of guanidine groups is 1. The number of nitrogens with zero attached hydrogens (tertiary/aromatic N) is 4. The van der Waals surface area contributed by atoms with Gasteiger partial charge in [0.05, 0.1) is 6.54 Å². The zero-order valence-electron chi connectivity index (χ0n) is 18.5. The van der Waals surface area contributed by atoms with Gasteiger partial charge >= 0.3 is 0 Å². The molecule has 1 aromatic carbocycles. The number of pyridine rings is 1. The van der Waals surface area contributed by atoms with Crippen molar-refractivity contribution in [3.05, 3.63) is 59.5 Å². The number of halogens is 1. The molecule has 0 amide bonds. The average molecular weight is 425 g/mol. The third-order valence-corrected chi connectivity index (χ3v) is 6.21. The molecule has 2 atom stereocenters. The van der Waals surface area contributed by atoms with Gasteiger partial charge in [0.1, 0.15) is 0 Å². The van der Waals surface area contributed by atoms with Crippen molar-refractivity contribution in [2.45, 2.75) is 45.3 Å². The van der Waals surface area contributed by atoms with E-state index in [1.165, 1.54) is 17.2 Å². The van der Waals surface area contributed by atoms with E-state index in [0.29, 0.717) is 11.9 Å². The molecule has 7 heteroatoms. The number of rotatable bonds is 6. The summed E-state index contributed by atoms with van der Waals surface area (Å²) in [5, 5.41) is 6.90. The van der Waals surface area contributed by atoms with Crippen molar-refractivity contribution in [1.29, 1.82) is 0 Å². The molecule has 1 saturated heterocycles. The first-order valence-corrected chi connectivity index (χ1v) is 11.3. The van der Waals surface area contributed by atoms with Crippen LogP contribution in [0.15, 0.2) is 47.6 Å². The van der Waals surface area contributed by atoms with E-state index in [0.717, 1.165) is 58.1 Å². The minimum Gasteiger partial charge on any atom is -0.357 e. The Morgan fingerprint density at radius 3 is 2.87 bits per heavy atom. The summed E-state index contributed by atoms with van der Waals surface area (Å²) in [5.41, 5.74) is 2.90. The first-order chi connectivity index (χ1) is 15.1. The second-order valence-electron chi connectivity index (χ2n) is 8.44. The predicted octanol–water partition coefficient (Wildman–Crippen LogP) is 2.80. The van der Waals surface area contributed by atoms with Crippen LogP contribution in [0.25, 0.3) is 0 Å². The van der Waals surface area contributed by atoms with Gasteiger partial charge in [-0.25, -0.2) is 9.37 Å². The number of aliphatic imine (C=N–C) groups is 1. The van der Waals surface area contributed by atoms with Gasteiger partial charge in [-0.15, -0.1) is 0 Å². The van der Waals surface area contributed by atoms with Gasteiger partial charge in [0, 0.05) is 51.0 Å². The molecule has 0 radical (unpaired) electrons. The van der Waals surface area contributed by atoms with Crippen LogP contribution in [-0.4, -0.2) is 60.7 Å². The average Bonchev–Trinajstić information content (AvgIpc) is 3.25. The van der Waals surface area contributed by atoms with Gasteiger partial charge in [-0.2, -0.15) is 0 Å². The van der Waals surface area contributed by atoms with Crippen molar-refractivity contribution >= 4 is 11.8 Å². The molecular formula is C24H33FN6. The summed E-state index contributed by atoms with van der Waals surface area (Å²) in [5.74, 6) is 1.01. The number of benzene rings is 1. The molecule has 0 spiro atoms. The lowest BCUT2D eigenvalue weighted by Crippen LogP contribution is -2.46. The molecule has 0 bridgehead atoms. The maximum absolute atomic E-state index is 14.1. The van der Waals surface area contributed by atoms with Crippen molar-refractivity contribution in [1.82, 2.24) is 20.5 Å². The Balaban J connectivity index is 1.33. The SMILES string of the molecule is CCNC(=NCC(C)N1CCc2ccccc2C1)NC1CCN(c2ncccc2F)C1. The lowest BCUT2D eigenvalue weighted by Gasteiger charge is -2.33. The van der Waals surface area contributed by atoms with Crippen molar-refractivity contribution in [3.63, 3.8) is 0 Å². The molecule has 4 rings (SSSR count). The lowest BCUT2D eigenvalue weighted by atomic mass is 9.99. The van der Waals surface area contributed by atoms with E-state index < -0.39 is 0 Å². The maximum Gasteiger partial charge on any atom is 0.191 e. The number of hydrogen-bond donors (Lipinski definition) is 2. The highest BCUT2D eigenvalue weighted by atomic mass is 19.1. The van der Waals surface area contributed by atoms with Crippen LogP contribution in [0.1, 0.15) is 31.4 Å². The van der Waals surface area contributed by atoms with Crippen LogP contribution in [0.5, 0.6) is 0 Å².